The van der Waals surface area contributed by atoms with Crippen LogP contribution in [0.2, 0.25) is 5.02 Å². The highest BCUT2D eigenvalue weighted by molar-refractivity contribution is 7.16. The highest BCUT2D eigenvalue weighted by atomic mass is 35.5. The minimum absolute atomic E-state index is 0.795. The summed E-state index contributed by atoms with van der Waals surface area (Å²) in [5, 5.41) is 0.795. The maximum atomic E-state index is 6.02. The van der Waals surface area contributed by atoms with Crippen LogP contribution in [0.1, 0.15) is 11.1 Å². The first-order valence-corrected chi connectivity index (χ1v) is 7.10. The summed E-state index contributed by atoms with van der Waals surface area (Å²) in [5.41, 5.74) is 5.99. The first-order valence-electron chi connectivity index (χ1n) is 5.84. The van der Waals surface area contributed by atoms with E-state index >= 15 is 0 Å². The molecule has 0 bridgehead atoms. The zero-order valence-corrected chi connectivity index (χ0v) is 11.6. The zero-order chi connectivity index (χ0) is 12.5. The summed E-state index contributed by atoms with van der Waals surface area (Å²) in [6.07, 6.45) is 0. The summed E-state index contributed by atoms with van der Waals surface area (Å²) in [4.78, 5) is 0. The summed E-state index contributed by atoms with van der Waals surface area (Å²) < 4.78 is 3.60. The van der Waals surface area contributed by atoms with Crippen LogP contribution in [-0.2, 0) is 6.54 Å². The SMILES string of the molecule is Cc1ccc2c(c1)sc[n+]2Cc1cccc(Cl)c1. The summed E-state index contributed by atoms with van der Waals surface area (Å²) in [7, 11) is 0. The largest absolute Gasteiger partial charge is 0.226 e. The molecule has 3 rings (SSSR count). The Hall–Kier alpha value is -1.38. The molecule has 1 aromatic heterocycles. The molecule has 3 aromatic rings. The number of nitrogens with zero attached hydrogens (tertiary/aromatic N) is 1. The van der Waals surface area contributed by atoms with E-state index in [4.69, 9.17) is 11.6 Å². The van der Waals surface area contributed by atoms with Crippen molar-refractivity contribution in [2.45, 2.75) is 13.5 Å². The van der Waals surface area contributed by atoms with E-state index in [1.54, 1.807) is 11.3 Å². The summed E-state index contributed by atoms with van der Waals surface area (Å²) >= 11 is 7.80. The number of halogens is 1. The van der Waals surface area contributed by atoms with Crippen molar-refractivity contribution in [3.63, 3.8) is 0 Å². The van der Waals surface area contributed by atoms with Gasteiger partial charge in [0.1, 0.15) is 4.70 Å². The Bertz CT molecular complexity index is 703. The molecule has 0 N–H and O–H groups in total. The Kier molecular flexibility index (Phi) is 3.06. The number of thiazole rings is 1. The number of hydrogen-bond acceptors (Lipinski definition) is 1. The van der Waals surface area contributed by atoms with E-state index in [-0.39, 0.29) is 0 Å². The molecule has 0 aliphatic rings. The lowest BCUT2D eigenvalue weighted by atomic mass is 10.2. The van der Waals surface area contributed by atoms with Crippen molar-refractivity contribution in [2.75, 3.05) is 0 Å². The quantitative estimate of drug-likeness (QED) is 0.617. The first-order chi connectivity index (χ1) is 8.72. The molecule has 0 saturated heterocycles. The molecule has 0 aliphatic heterocycles. The molecule has 1 heterocycles. The number of rotatable bonds is 2. The van der Waals surface area contributed by atoms with E-state index in [0.717, 1.165) is 11.6 Å². The molecular formula is C15H13ClNS+. The second-order valence-electron chi connectivity index (χ2n) is 4.45. The smallest absolute Gasteiger partial charge is 0.184 e. The van der Waals surface area contributed by atoms with Gasteiger partial charge in [-0.05, 0) is 30.7 Å². The van der Waals surface area contributed by atoms with Crippen LogP contribution < -0.4 is 4.57 Å². The molecule has 0 unspecified atom stereocenters. The maximum Gasteiger partial charge on any atom is 0.226 e. The van der Waals surface area contributed by atoms with E-state index in [1.807, 2.05) is 18.2 Å². The Balaban J connectivity index is 2.00. The van der Waals surface area contributed by atoms with Crippen LogP contribution in [0.15, 0.2) is 48.0 Å². The average molecular weight is 275 g/mol. The van der Waals surface area contributed by atoms with Crippen molar-refractivity contribution < 1.29 is 4.57 Å². The van der Waals surface area contributed by atoms with Gasteiger partial charge in [0.25, 0.3) is 0 Å². The molecule has 90 valence electrons. The van der Waals surface area contributed by atoms with Crippen molar-refractivity contribution in [2.24, 2.45) is 0 Å². The molecule has 0 atom stereocenters. The molecule has 0 spiro atoms. The number of fused-ring (bicyclic) bond motifs is 1. The summed E-state index contributed by atoms with van der Waals surface area (Å²) in [6.45, 7) is 2.99. The lowest BCUT2D eigenvalue weighted by molar-refractivity contribution is -0.658. The fourth-order valence-electron chi connectivity index (χ4n) is 2.08. The third-order valence-corrected chi connectivity index (χ3v) is 4.15. The van der Waals surface area contributed by atoms with Crippen molar-refractivity contribution in [3.05, 3.63) is 64.1 Å². The molecule has 2 aromatic carbocycles. The van der Waals surface area contributed by atoms with Gasteiger partial charge in [0, 0.05) is 16.7 Å². The predicted molar refractivity (Wildman–Crippen MR) is 77.3 cm³/mol. The summed E-state index contributed by atoms with van der Waals surface area (Å²) in [6, 6.07) is 14.6. The first kappa shape index (κ1) is 11.7. The second-order valence-corrected chi connectivity index (χ2v) is 5.78. The lowest BCUT2D eigenvalue weighted by Gasteiger charge is -1.97. The van der Waals surface area contributed by atoms with E-state index < -0.39 is 0 Å². The van der Waals surface area contributed by atoms with Gasteiger partial charge in [-0.3, -0.25) is 0 Å². The second kappa shape index (κ2) is 4.71. The third-order valence-electron chi connectivity index (χ3n) is 2.97. The van der Waals surface area contributed by atoms with Crippen LogP contribution in [0.3, 0.4) is 0 Å². The van der Waals surface area contributed by atoms with Crippen LogP contribution in [0.4, 0.5) is 0 Å². The molecule has 0 fully saturated rings. The normalized spacial score (nSPS) is 11.0. The van der Waals surface area contributed by atoms with E-state index in [1.165, 1.54) is 21.3 Å². The Labute approximate surface area is 115 Å². The fraction of sp³-hybridized carbons (Fsp3) is 0.133. The van der Waals surface area contributed by atoms with Crippen molar-refractivity contribution in [1.82, 2.24) is 0 Å². The minimum atomic E-state index is 0.795. The highest BCUT2D eigenvalue weighted by Gasteiger charge is 2.12. The Morgan fingerprint density at radius 2 is 2.06 bits per heavy atom. The maximum absolute atomic E-state index is 6.02. The molecule has 3 heteroatoms. The van der Waals surface area contributed by atoms with Crippen LogP contribution in [0.25, 0.3) is 10.2 Å². The van der Waals surface area contributed by atoms with Gasteiger partial charge >= 0.3 is 0 Å². The van der Waals surface area contributed by atoms with Gasteiger partial charge in [-0.2, -0.15) is 4.57 Å². The van der Waals surface area contributed by atoms with Crippen LogP contribution in [0, 0.1) is 6.92 Å². The van der Waals surface area contributed by atoms with Crippen LogP contribution >= 0.6 is 22.9 Å². The number of aryl methyl sites for hydroxylation is 1. The fourth-order valence-corrected chi connectivity index (χ4v) is 3.29. The van der Waals surface area contributed by atoms with E-state index in [2.05, 4.69) is 41.3 Å². The lowest BCUT2D eigenvalue weighted by Crippen LogP contribution is -2.31. The number of benzene rings is 2. The van der Waals surface area contributed by atoms with Crippen molar-refractivity contribution in [1.29, 1.82) is 0 Å². The average Bonchev–Trinajstić information content (AvgIpc) is 2.72. The Morgan fingerprint density at radius 1 is 1.17 bits per heavy atom. The van der Waals surface area contributed by atoms with Gasteiger partial charge < -0.3 is 0 Å². The predicted octanol–water partition coefficient (Wildman–Crippen LogP) is 4.20. The van der Waals surface area contributed by atoms with Gasteiger partial charge in [0.15, 0.2) is 6.54 Å². The van der Waals surface area contributed by atoms with Crippen LogP contribution in [0.5, 0.6) is 0 Å². The molecule has 1 nitrogen and oxygen atoms in total. The topological polar surface area (TPSA) is 3.88 Å². The molecule has 0 amide bonds. The van der Waals surface area contributed by atoms with Crippen LogP contribution in [-0.4, -0.2) is 0 Å². The molecular weight excluding hydrogens is 262 g/mol. The van der Waals surface area contributed by atoms with Gasteiger partial charge in [-0.15, -0.1) is 0 Å². The molecule has 0 radical (unpaired) electrons. The van der Waals surface area contributed by atoms with Gasteiger partial charge in [-0.1, -0.05) is 41.1 Å². The highest BCUT2D eigenvalue weighted by Crippen LogP contribution is 2.18. The standard InChI is InChI=1S/C15H13ClNS/c1-11-5-6-14-15(7-11)18-10-17(14)9-12-3-2-4-13(16)8-12/h2-8,10H,9H2,1H3/q+1. The minimum Gasteiger partial charge on any atom is -0.184 e. The van der Waals surface area contributed by atoms with Gasteiger partial charge in [0.05, 0.1) is 0 Å². The Morgan fingerprint density at radius 3 is 2.89 bits per heavy atom. The molecule has 18 heavy (non-hydrogen) atoms. The third kappa shape index (κ3) is 2.26. The van der Waals surface area contributed by atoms with E-state index in [9.17, 15) is 0 Å². The van der Waals surface area contributed by atoms with E-state index in [0.29, 0.717) is 0 Å². The van der Waals surface area contributed by atoms with Gasteiger partial charge in [0.2, 0.25) is 11.0 Å². The molecule has 0 aliphatic carbocycles. The van der Waals surface area contributed by atoms with Crippen molar-refractivity contribution >= 4 is 33.2 Å². The number of hydrogen-bond donors (Lipinski definition) is 0. The zero-order valence-electron chi connectivity index (χ0n) is 10.1. The van der Waals surface area contributed by atoms with Crippen molar-refractivity contribution in [3.8, 4) is 0 Å². The monoisotopic (exact) mass is 274 g/mol. The number of aromatic nitrogens is 1. The van der Waals surface area contributed by atoms with Gasteiger partial charge in [-0.25, -0.2) is 0 Å². The summed E-state index contributed by atoms with van der Waals surface area (Å²) in [5.74, 6) is 0. The molecule has 0 saturated carbocycles.